The zero-order valence-electron chi connectivity index (χ0n) is 11.3. The number of nitrogens with two attached hydrogens (primary N) is 1. The molecule has 1 heterocycles. The van der Waals surface area contributed by atoms with E-state index in [9.17, 15) is 4.79 Å². The molecule has 3 rings (SSSR count). The second kappa shape index (κ2) is 6.00. The Labute approximate surface area is 132 Å². The van der Waals surface area contributed by atoms with Crippen molar-refractivity contribution in [1.82, 2.24) is 0 Å². The zero-order chi connectivity index (χ0) is 14.8. The van der Waals surface area contributed by atoms with Gasteiger partial charge >= 0.3 is 0 Å². The topological polar surface area (TPSA) is 55.1 Å². The molecule has 5 heteroatoms. The summed E-state index contributed by atoms with van der Waals surface area (Å²) < 4.78 is 0. The molecule has 0 radical (unpaired) electrons. The summed E-state index contributed by atoms with van der Waals surface area (Å²) in [5, 5.41) is 4.03. The Hall–Kier alpha value is -1.65. The first-order valence-electron chi connectivity index (χ1n) is 6.66. The average molecular weight is 319 g/mol. The summed E-state index contributed by atoms with van der Waals surface area (Å²) in [6, 6.07) is 13.6. The van der Waals surface area contributed by atoms with Gasteiger partial charge in [0.25, 0.3) is 0 Å². The van der Waals surface area contributed by atoms with Gasteiger partial charge in [0.05, 0.1) is 16.8 Å². The Morgan fingerprint density at radius 2 is 2.10 bits per heavy atom. The molecule has 1 atom stereocenters. The minimum absolute atomic E-state index is 0.181. The molecule has 108 valence electrons. The van der Waals surface area contributed by atoms with Crippen molar-refractivity contribution in [2.45, 2.75) is 11.8 Å². The Kier molecular flexibility index (Phi) is 4.08. The highest BCUT2D eigenvalue weighted by atomic mass is 35.5. The molecule has 2 aromatic rings. The molecule has 1 unspecified atom stereocenters. The maximum Gasteiger partial charge on any atom is 0.248 e. The van der Waals surface area contributed by atoms with Crippen LogP contribution in [-0.2, 0) is 5.75 Å². The van der Waals surface area contributed by atoms with Crippen LogP contribution < -0.4 is 11.1 Å². The third kappa shape index (κ3) is 3.01. The molecule has 3 nitrogen and oxygen atoms in total. The van der Waals surface area contributed by atoms with Crippen molar-refractivity contribution >= 4 is 35.0 Å². The Balaban J connectivity index is 1.91. The number of anilines is 1. The van der Waals surface area contributed by atoms with Crippen LogP contribution in [0.4, 0.5) is 5.69 Å². The number of benzene rings is 2. The third-order valence-electron chi connectivity index (χ3n) is 3.55. The minimum Gasteiger partial charge on any atom is -0.376 e. The molecule has 2 aromatic carbocycles. The second-order valence-corrected chi connectivity index (χ2v) is 6.41. The number of primary amides is 1. The van der Waals surface area contributed by atoms with E-state index in [1.807, 2.05) is 17.8 Å². The SMILES string of the molecule is NC(=O)c1ccc(Cl)c(NC2CSCc3ccccc32)c1. The van der Waals surface area contributed by atoms with E-state index in [4.69, 9.17) is 17.3 Å². The number of rotatable bonds is 3. The van der Waals surface area contributed by atoms with Gasteiger partial charge in [0, 0.05) is 17.1 Å². The van der Waals surface area contributed by atoms with Crippen molar-refractivity contribution in [3.8, 4) is 0 Å². The predicted octanol–water partition coefficient (Wildman–Crippen LogP) is 3.84. The first-order valence-corrected chi connectivity index (χ1v) is 8.20. The summed E-state index contributed by atoms with van der Waals surface area (Å²) in [6.45, 7) is 0. The van der Waals surface area contributed by atoms with E-state index in [0.717, 1.165) is 17.2 Å². The van der Waals surface area contributed by atoms with E-state index >= 15 is 0 Å². The number of amides is 1. The summed E-state index contributed by atoms with van der Waals surface area (Å²) in [7, 11) is 0. The third-order valence-corrected chi connectivity index (χ3v) is 4.97. The molecule has 3 N–H and O–H groups in total. The highest BCUT2D eigenvalue weighted by molar-refractivity contribution is 7.98. The van der Waals surface area contributed by atoms with Crippen LogP contribution in [-0.4, -0.2) is 11.7 Å². The van der Waals surface area contributed by atoms with Gasteiger partial charge in [-0.1, -0.05) is 35.9 Å². The normalized spacial score (nSPS) is 17.1. The molecule has 0 fully saturated rings. The largest absolute Gasteiger partial charge is 0.376 e. The second-order valence-electron chi connectivity index (χ2n) is 4.97. The van der Waals surface area contributed by atoms with Crippen molar-refractivity contribution in [2.24, 2.45) is 5.73 Å². The first-order chi connectivity index (χ1) is 10.1. The van der Waals surface area contributed by atoms with Crippen LogP contribution in [0.2, 0.25) is 5.02 Å². The lowest BCUT2D eigenvalue weighted by molar-refractivity contribution is 0.100. The van der Waals surface area contributed by atoms with Crippen LogP contribution in [0.15, 0.2) is 42.5 Å². The molecule has 0 bridgehead atoms. The highest BCUT2D eigenvalue weighted by Crippen LogP contribution is 2.35. The number of hydrogen-bond donors (Lipinski definition) is 2. The monoisotopic (exact) mass is 318 g/mol. The fourth-order valence-electron chi connectivity index (χ4n) is 2.48. The molecule has 0 saturated carbocycles. The lowest BCUT2D eigenvalue weighted by Gasteiger charge is -2.27. The highest BCUT2D eigenvalue weighted by Gasteiger charge is 2.20. The number of carbonyl (C=O) groups excluding carboxylic acids is 1. The predicted molar refractivity (Wildman–Crippen MR) is 88.9 cm³/mol. The molecule has 0 saturated heterocycles. The first kappa shape index (κ1) is 14.3. The molecule has 0 aromatic heterocycles. The van der Waals surface area contributed by atoms with E-state index in [1.165, 1.54) is 11.1 Å². The maximum atomic E-state index is 11.3. The van der Waals surface area contributed by atoms with Gasteiger partial charge in [0.1, 0.15) is 0 Å². The van der Waals surface area contributed by atoms with Crippen LogP contribution >= 0.6 is 23.4 Å². The van der Waals surface area contributed by atoms with Crippen molar-refractivity contribution in [1.29, 1.82) is 0 Å². The molecule has 0 aliphatic carbocycles. The Bertz CT molecular complexity index is 690. The number of carbonyl (C=O) groups is 1. The van der Waals surface area contributed by atoms with Crippen LogP contribution in [0.1, 0.15) is 27.5 Å². The van der Waals surface area contributed by atoms with Gasteiger partial charge in [-0.25, -0.2) is 0 Å². The number of hydrogen-bond acceptors (Lipinski definition) is 3. The van der Waals surface area contributed by atoms with Crippen molar-refractivity contribution in [3.63, 3.8) is 0 Å². The van der Waals surface area contributed by atoms with Crippen molar-refractivity contribution in [3.05, 3.63) is 64.2 Å². The summed E-state index contributed by atoms with van der Waals surface area (Å²) >= 11 is 8.11. The quantitative estimate of drug-likeness (QED) is 0.904. The molecule has 1 aliphatic rings. The number of thioether (sulfide) groups is 1. The van der Waals surface area contributed by atoms with E-state index in [0.29, 0.717) is 10.6 Å². The molecular weight excluding hydrogens is 304 g/mol. The van der Waals surface area contributed by atoms with Gasteiger partial charge in [-0.05, 0) is 29.3 Å². The minimum atomic E-state index is -0.451. The van der Waals surface area contributed by atoms with Gasteiger partial charge in [-0.2, -0.15) is 11.8 Å². The van der Waals surface area contributed by atoms with Gasteiger partial charge in [-0.3, -0.25) is 4.79 Å². The average Bonchev–Trinajstić information content (AvgIpc) is 2.49. The molecule has 21 heavy (non-hydrogen) atoms. The Morgan fingerprint density at radius 1 is 1.29 bits per heavy atom. The molecule has 1 amide bonds. The van der Waals surface area contributed by atoms with E-state index < -0.39 is 5.91 Å². The van der Waals surface area contributed by atoms with Crippen LogP contribution in [0.3, 0.4) is 0 Å². The standard InChI is InChI=1S/C16H15ClN2OS/c17-13-6-5-10(16(18)20)7-14(13)19-15-9-21-8-11-3-1-2-4-12(11)15/h1-7,15,19H,8-9H2,(H2,18,20). The van der Waals surface area contributed by atoms with Crippen LogP contribution in [0.25, 0.3) is 0 Å². The maximum absolute atomic E-state index is 11.3. The van der Waals surface area contributed by atoms with Gasteiger partial charge in [-0.15, -0.1) is 0 Å². The number of fused-ring (bicyclic) bond motifs is 1. The van der Waals surface area contributed by atoms with Gasteiger partial charge in [0.2, 0.25) is 5.91 Å². The van der Waals surface area contributed by atoms with Crippen LogP contribution in [0, 0.1) is 0 Å². The summed E-state index contributed by atoms with van der Waals surface area (Å²) in [5.41, 5.74) is 9.16. The molecule has 0 spiro atoms. The van der Waals surface area contributed by atoms with E-state index in [1.54, 1.807) is 18.2 Å². The fourth-order valence-corrected chi connectivity index (χ4v) is 3.75. The van der Waals surface area contributed by atoms with Crippen LogP contribution in [0.5, 0.6) is 0 Å². The van der Waals surface area contributed by atoms with Gasteiger partial charge < -0.3 is 11.1 Å². The smallest absolute Gasteiger partial charge is 0.248 e. The lowest BCUT2D eigenvalue weighted by Crippen LogP contribution is -2.19. The Morgan fingerprint density at radius 3 is 2.90 bits per heavy atom. The van der Waals surface area contributed by atoms with Crippen molar-refractivity contribution < 1.29 is 4.79 Å². The van der Waals surface area contributed by atoms with E-state index in [-0.39, 0.29) is 6.04 Å². The fraction of sp³-hybridized carbons (Fsp3) is 0.188. The number of nitrogens with one attached hydrogen (secondary N) is 1. The lowest BCUT2D eigenvalue weighted by atomic mass is 10.0. The van der Waals surface area contributed by atoms with Crippen molar-refractivity contribution in [2.75, 3.05) is 11.1 Å². The molecule has 1 aliphatic heterocycles. The van der Waals surface area contributed by atoms with E-state index in [2.05, 4.69) is 23.5 Å². The molecular formula is C16H15ClN2OS. The summed E-state index contributed by atoms with van der Waals surface area (Å²) in [6.07, 6.45) is 0. The summed E-state index contributed by atoms with van der Waals surface area (Å²) in [5.74, 6) is 1.55. The number of halogens is 1. The van der Waals surface area contributed by atoms with Gasteiger partial charge in [0.15, 0.2) is 0 Å². The zero-order valence-corrected chi connectivity index (χ0v) is 12.9. The summed E-state index contributed by atoms with van der Waals surface area (Å²) in [4.78, 5) is 11.3.